The zero-order valence-electron chi connectivity index (χ0n) is 12.6. The molecule has 1 unspecified atom stereocenters. The smallest absolute Gasteiger partial charge is 0.191 e. The number of aliphatic hydroxyl groups is 1. The van der Waals surface area contributed by atoms with Gasteiger partial charge in [-0.1, -0.05) is 6.07 Å². The van der Waals surface area contributed by atoms with Gasteiger partial charge < -0.3 is 15.7 Å². The molecule has 0 bridgehead atoms. The van der Waals surface area contributed by atoms with Gasteiger partial charge in [-0.2, -0.15) is 0 Å². The van der Waals surface area contributed by atoms with E-state index in [-0.39, 0.29) is 0 Å². The van der Waals surface area contributed by atoms with E-state index in [0.717, 1.165) is 15.9 Å². The lowest BCUT2D eigenvalue weighted by molar-refractivity contribution is 0.0655. The van der Waals surface area contributed by atoms with Gasteiger partial charge in [0.2, 0.25) is 0 Å². The van der Waals surface area contributed by atoms with Crippen molar-refractivity contribution in [3.8, 4) is 0 Å². The quantitative estimate of drug-likeness (QED) is 0.512. The average molecular weight is 402 g/mol. The van der Waals surface area contributed by atoms with Gasteiger partial charge in [0.05, 0.1) is 13.1 Å². The van der Waals surface area contributed by atoms with Crippen LogP contribution in [-0.2, 0) is 12.1 Å². The number of rotatable bonds is 6. The Kier molecular flexibility index (Phi) is 6.43. The number of halogens is 1. The van der Waals surface area contributed by atoms with Gasteiger partial charge in [-0.15, -0.1) is 22.7 Å². The highest BCUT2D eigenvalue weighted by molar-refractivity contribution is 9.10. The molecule has 0 amide bonds. The maximum absolute atomic E-state index is 10.5. The molecule has 0 spiro atoms. The molecular weight excluding hydrogens is 382 g/mol. The lowest BCUT2D eigenvalue weighted by atomic mass is 10.1. The lowest BCUT2D eigenvalue weighted by Crippen LogP contribution is -2.44. The van der Waals surface area contributed by atoms with E-state index in [1.165, 1.54) is 4.88 Å². The zero-order valence-corrected chi connectivity index (χ0v) is 15.8. The molecule has 2 aromatic heterocycles. The minimum absolute atomic E-state index is 0.410. The van der Waals surface area contributed by atoms with E-state index in [9.17, 15) is 5.11 Å². The van der Waals surface area contributed by atoms with Gasteiger partial charge >= 0.3 is 0 Å². The van der Waals surface area contributed by atoms with Crippen LogP contribution in [0.2, 0.25) is 0 Å². The second kappa shape index (κ2) is 8.10. The van der Waals surface area contributed by atoms with Gasteiger partial charge in [0.25, 0.3) is 0 Å². The molecule has 4 nitrogen and oxygen atoms in total. The first-order valence-corrected chi connectivity index (χ1v) is 9.58. The van der Waals surface area contributed by atoms with E-state index in [1.807, 2.05) is 36.7 Å². The van der Waals surface area contributed by atoms with Gasteiger partial charge in [-0.25, -0.2) is 4.99 Å². The Hall–Kier alpha value is -0.890. The molecule has 1 atom stereocenters. The number of nitrogens with zero attached hydrogens (tertiary/aromatic N) is 1. The largest absolute Gasteiger partial charge is 0.383 e. The molecule has 0 aromatic carbocycles. The van der Waals surface area contributed by atoms with Crippen molar-refractivity contribution in [1.82, 2.24) is 10.6 Å². The summed E-state index contributed by atoms with van der Waals surface area (Å²) >= 11 is 6.68. The molecule has 0 aliphatic heterocycles. The van der Waals surface area contributed by atoms with Crippen molar-refractivity contribution in [1.29, 1.82) is 0 Å². The summed E-state index contributed by atoms with van der Waals surface area (Å²) in [5.74, 6) is 0.712. The first kappa shape index (κ1) is 17.5. The summed E-state index contributed by atoms with van der Waals surface area (Å²) in [6.45, 7) is 5.64. The number of aliphatic imine (C=N–C) groups is 1. The van der Waals surface area contributed by atoms with Gasteiger partial charge in [0.1, 0.15) is 5.60 Å². The molecule has 7 heteroatoms. The number of hydrogen-bond donors (Lipinski definition) is 3. The third-order valence-corrected chi connectivity index (χ3v) is 5.82. The molecular formula is C15H20BrN3OS2. The Labute approximate surface area is 147 Å². The van der Waals surface area contributed by atoms with Crippen molar-refractivity contribution < 1.29 is 5.11 Å². The van der Waals surface area contributed by atoms with Crippen LogP contribution in [0.4, 0.5) is 0 Å². The number of guanidine groups is 1. The van der Waals surface area contributed by atoms with E-state index < -0.39 is 5.60 Å². The van der Waals surface area contributed by atoms with Crippen LogP contribution in [0.5, 0.6) is 0 Å². The fraction of sp³-hybridized carbons (Fsp3) is 0.400. The second-order valence-corrected chi connectivity index (χ2v) is 7.89. The summed E-state index contributed by atoms with van der Waals surface area (Å²) in [5, 5.41) is 21.0. The summed E-state index contributed by atoms with van der Waals surface area (Å²) < 4.78 is 1.08. The second-order valence-electron chi connectivity index (χ2n) is 5.03. The Balaban J connectivity index is 1.96. The van der Waals surface area contributed by atoms with Crippen molar-refractivity contribution in [2.75, 3.05) is 13.1 Å². The van der Waals surface area contributed by atoms with Crippen LogP contribution in [0, 0.1) is 0 Å². The Morgan fingerprint density at radius 2 is 2.23 bits per heavy atom. The Morgan fingerprint density at radius 1 is 1.41 bits per heavy atom. The minimum Gasteiger partial charge on any atom is -0.383 e. The van der Waals surface area contributed by atoms with Crippen LogP contribution < -0.4 is 10.6 Å². The number of nitrogens with one attached hydrogen (secondary N) is 2. The SMILES string of the molecule is CCNC(=NCc1cc(Br)cs1)NCC(C)(O)c1cccs1. The molecule has 3 N–H and O–H groups in total. The highest BCUT2D eigenvalue weighted by Gasteiger charge is 2.24. The van der Waals surface area contributed by atoms with E-state index in [4.69, 9.17) is 0 Å². The third kappa shape index (κ3) is 5.08. The summed E-state index contributed by atoms with van der Waals surface area (Å²) in [5.41, 5.74) is -0.906. The molecule has 0 saturated carbocycles. The van der Waals surface area contributed by atoms with Crippen LogP contribution in [-0.4, -0.2) is 24.2 Å². The van der Waals surface area contributed by atoms with Gasteiger partial charge in [-0.05, 0) is 47.3 Å². The van der Waals surface area contributed by atoms with E-state index in [0.29, 0.717) is 19.0 Å². The maximum Gasteiger partial charge on any atom is 0.191 e. The van der Waals surface area contributed by atoms with Crippen LogP contribution in [0.1, 0.15) is 23.6 Å². The monoisotopic (exact) mass is 401 g/mol. The van der Waals surface area contributed by atoms with Gasteiger partial charge in [0, 0.05) is 26.2 Å². The first-order chi connectivity index (χ1) is 10.5. The van der Waals surface area contributed by atoms with Crippen molar-refractivity contribution in [3.63, 3.8) is 0 Å². The van der Waals surface area contributed by atoms with Crippen molar-refractivity contribution in [2.24, 2.45) is 4.99 Å². The van der Waals surface area contributed by atoms with Crippen molar-refractivity contribution in [3.05, 3.63) is 43.2 Å². The zero-order chi connectivity index (χ0) is 16.0. The average Bonchev–Trinajstić information content (AvgIpc) is 3.13. The molecule has 0 fully saturated rings. The van der Waals surface area contributed by atoms with Crippen LogP contribution in [0.25, 0.3) is 0 Å². The number of thiophene rings is 2. The minimum atomic E-state index is -0.906. The molecule has 22 heavy (non-hydrogen) atoms. The topological polar surface area (TPSA) is 56.7 Å². The highest BCUT2D eigenvalue weighted by atomic mass is 79.9. The molecule has 120 valence electrons. The molecule has 0 saturated heterocycles. The third-order valence-electron chi connectivity index (χ3n) is 3.01. The Bertz CT molecular complexity index is 608. The normalized spacial score (nSPS) is 14.6. The van der Waals surface area contributed by atoms with E-state index in [1.54, 1.807) is 22.7 Å². The molecule has 0 radical (unpaired) electrons. The first-order valence-electron chi connectivity index (χ1n) is 7.02. The maximum atomic E-state index is 10.5. The number of hydrogen-bond acceptors (Lipinski definition) is 4. The summed E-state index contributed by atoms with van der Waals surface area (Å²) in [7, 11) is 0. The van der Waals surface area contributed by atoms with Gasteiger partial charge in [0.15, 0.2) is 5.96 Å². The van der Waals surface area contributed by atoms with Crippen molar-refractivity contribution >= 4 is 44.6 Å². The summed E-state index contributed by atoms with van der Waals surface area (Å²) in [6.07, 6.45) is 0. The van der Waals surface area contributed by atoms with Crippen LogP contribution >= 0.6 is 38.6 Å². The summed E-state index contributed by atoms with van der Waals surface area (Å²) in [6, 6.07) is 5.96. The van der Waals surface area contributed by atoms with E-state index >= 15 is 0 Å². The van der Waals surface area contributed by atoms with Crippen LogP contribution in [0.15, 0.2) is 38.4 Å². The van der Waals surface area contributed by atoms with Crippen LogP contribution in [0.3, 0.4) is 0 Å². The molecule has 0 aliphatic rings. The molecule has 2 aromatic rings. The fourth-order valence-corrected chi connectivity index (χ4v) is 4.02. The van der Waals surface area contributed by atoms with Gasteiger partial charge in [-0.3, -0.25) is 0 Å². The van der Waals surface area contributed by atoms with E-state index in [2.05, 4.69) is 37.6 Å². The predicted octanol–water partition coefficient (Wildman–Crippen LogP) is 3.53. The fourth-order valence-electron chi connectivity index (χ4n) is 1.86. The molecule has 2 heterocycles. The lowest BCUT2D eigenvalue weighted by Gasteiger charge is -2.23. The molecule has 2 rings (SSSR count). The summed E-state index contributed by atoms with van der Waals surface area (Å²) in [4.78, 5) is 6.69. The standard InChI is InChI=1S/C15H20BrN3OS2/c1-3-17-14(18-8-12-7-11(16)9-22-12)19-10-15(2,20)13-5-4-6-21-13/h4-7,9,20H,3,8,10H2,1-2H3,(H2,17,18,19). The highest BCUT2D eigenvalue weighted by Crippen LogP contribution is 2.24. The Morgan fingerprint density at radius 3 is 2.82 bits per heavy atom. The predicted molar refractivity (Wildman–Crippen MR) is 98.7 cm³/mol. The molecule has 0 aliphatic carbocycles. The van der Waals surface area contributed by atoms with Crippen molar-refractivity contribution in [2.45, 2.75) is 26.0 Å².